The molecule has 1 aromatic heterocycles. The Morgan fingerprint density at radius 1 is 1.47 bits per heavy atom. The third-order valence-corrected chi connectivity index (χ3v) is 3.91. The molecule has 2 heterocycles. The summed E-state index contributed by atoms with van der Waals surface area (Å²) in [4.78, 5) is 7.48. The number of hydrogen-bond donors (Lipinski definition) is 1. The van der Waals surface area contributed by atoms with Crippen LogP contribution >= 0.6 is 0 Å². The Kier molecular flexibility index (Phi) is 3.37. The fourth-order valence-electron chi connectivity index (χ4n) is 1.56. The Bertz CT molecular complexity index is 351. The standard InChI is InChI=1S/C9H12FN3OS/c10-7-4-12-9(13-5-7)15(14)8-2-1-3-11-6-8/h4-5,8,11H,1-3,6H2/t8-,15-/m0/s1. The molecule has 0 aromatic carbocycles. The predicted molar refractivity (Wildman–Crippen MR) is 54.3 cm³/mol. The molecule has 0 amide bonds. The van der Waals surface area contributed by atoms with Gasteiger partial charge in [0, 0.05) is 6.54 Å². The molecule has 1 aliphatic heterocycles. The van der Waals surface area contributed by atoms with Crippen molar-refractivity contribution in [1.82, 2.24) is 15.3 Å². The van der Waals surface area contributed by atoms with E-state index in [4.69, 9.17) is 0 Å². The summed E-state index contributed by atoms with van der Waals surface area (Å²) in [5, 5.41) is 3.45. The van der Waals surface area contributed by atoms with Crippen molar-refractivity contribution < 1.29 is 8.60 Å². The lowest BCUT2D eigenvalue weighted by atomic mass is 10.2. The molecule has 0 unspecified atom stereocenters. The maximum absolute atomic E-state index is 12.6. The summed E-state index contributed by atoms with van der Waals surface area (Å²) in [6.45, 7) is 1.69. The Morgan fingerprint density at radius 2 is 2.20 bits per heavy atom. The molecule has 82 valence electrons. The average molecular weight is 229 g/mol. The van der Waals surface area contributed by atoms with Crippen molar-refractivity contribution in [3.63, 3.8) is 0 Å². The van der Waals surface area contributed by atoms with E-state index in [0.29, 0.717) is 6.54 Å². The van der Waals surface area contributed by atoms with E-state index in [-0.39, 0.29) is 10.4 Å². The van der Waals surface area contributed by atoms with Gasteiger partial charge in [-0.25, -0.2) is 14.4 Å². The second-order valence-electron chi connectivity index (χ2n) is 3.45. The van der Waals surface area contributed by atoms with Crippen molar-refractivity contribution in [2.75, 3.05) is 13.1 Å². The van der Waals surface area contributed by atoms with E-state index < -0.39 is 16.6 Å². The molecule has 0 bridgehead atoms. The van der Waals surface area contributed by atoms with Crippen molar-refractivity contribution in [2.45, 2.75) is 23.2 Å². The highest BCUT2D eigenvalue weighted by atomic mass is 32.2. The Labute approximate surface area is 89.8 Å². The number of rotatable bonds is 2. The van der Waals surface area contributed by atoms with Gasteiger partial charge >= 0.3 is 0 Å². The zero-order chi connectivity index (χ0) is 10.7. The average Bonchev–Trinajstić information content (AvgIpc) is 2.30. The molecule has 6 heteroatoms. The zero-order valence-corrected chi connectivity index (χ0v) is 8.97. The van der Waals surface area contributed by atoms with Crippen molar-refractivity contribution in [2.24, 2.45) is 0 Å². The summed E-state index contributed by atoms with van der Waals surface area (Å²) < 4.78 is 24.5. The van der Waals surface area contributed by atoms with Crippen LogP contribution in [-0.2, 0) is 10.8 Å². The topological polar surface area (TPSA) is 54.9 Å². The first-order valence-corrected chi connectivity index (χ1v) is 6.07. The summed E-state index contributed by atoms with van der Waals surface area (Å²) in [7, 11) is -1.23. The minimum absolute atomic E-state index is 0.0456. The second kappa shape index (κ2) is 4.76. The van der Waals surface area contributed by atoms with Crippen molar-refractivity contribution in [3.8, 4) is 0 Å². The molecule has 1 fully saturated rings. The monoisotopic (exact) mass is 229 g/mol. The van der Waals surface area contributed by atoms with Crippen molar-refractivity contribution in [3.05, 3.63) is 18.2 Å². The smallest absolute Gasteiger partial charge is 0.218 e. The highest BCUT2D eigenvalue weighted by Gasteiger charge is 2.22. The second-order valence-corrected chi connectivity index (χ2v) is 5.08. The molecular weight excluding hydrogens is 217 g/mol. The number of nitrogens with one attached hydrogen (secondary N) is 1. The number of nitrogens with zero attached hydrogens (tertiary/aromatic N) is 2. The SMILES string of the molecule is O=[S@](c1ncc(F)cn1)[C@H]1CCCNC1. The van der Waals surface area contributed by atoms with Crippen LogP contribution in [0.3, 0.4) is 0 Å². The van der Waals surface area contributed by atoms with Crippen LogP contribution < -0.4 is 5.32 Å². The summed E-state index contributed by atoms with van der Waals surface area (Å²) >= 11 is 0. The normalized spacial score (nSPS) is 23.7. The van der Waals surface area contributed by atoms with E-state index in [0.717, 1.165) is 31.8 Å². The molecule has 1 aromatic rings. The number of hydrogen-bond acceptors (Lipinski definition) is 4. The Balaban J connectivity index is 2.09. The molecule has 0 spiro atoms. The number of piperidine rings is 1. The van der Waals surface area contributed by atoms with Crippen LogP contribution in [0.4, 0.5) is 4.39 Å². The van der Waals surface area contributed by atoms with E-state index in [1.165, 1.54) is 0 Å². The molecule has 0 radical (unpaired) electrons. The Morgan fingerprint density at radius 3 is 2.80 bits per heavy atom. The predicted octanol–water partition coefficient (Wildman–Crippen LogP) is 0.475. The van der Waals surface area contributed by atoms with Crippen LogP contribution in [0.25, 0.3) is 0 Å². The van der Waals surface area contributed by atoms with E-state index in [2.05, 4.69) is 15.3 Å². The molecule has 2 atom stereocenters. The van der Waals surface area contributed by atoms with Gasteiger partial charge in [-0.2, -0.15) is 0 Å². The van der Waals surface area contributed by atoms with Gasteiger partial charge in [-0.15, -0.1) is 0 Å². The van der Waals surface area contributed by atoms with Gasteiger partial charge in [0.1, 0.15) is 0 Å². The zero-order valence-electron chi connectivity index (χ0n) is 8.15. The van der Waals surface area contributed by atoms with Crippen LogP contribution in [0.2, 0.25) is 0 Å². The van der Waals surface area contributed by atoms with Gasteiger partial charge in [0.2, 0.25) is 5.16 Å². The van der Waals surface area contributed by atoms with E-state index in [1.54, 1.807) is 0 Å². The van der Waals surface area contributed by atoms with Gasteiger partial charge in [-0.3, -0.25) is 4.21 Å². The minimum atomic E-state index is -1.23. The van der Waals surface area contributed by atoms with Crippen molar-refractivity contribution in [1.29, 1.82) is 0 Å². The molecule has 4 nitrogen and oxygen atoms in total. The van der Waals surface area contributed by atoms with Crippen molar-refractivity contribution >= 4 is 10.8 Å². The highest BCUT2D eigenvalue weighted by molar-refractivity contribution is 7.85. The summed E-state index contributed by atoms with van der Waals surface area (Å²) in [6.07, 6.45) is 4.02. The van der Waals surface area contributed by atoms with Gasteiger partial charge in [-0.05, 0) is 19.4 Å². The first kappa shape index (κ1) is 10.6. The third-order valence-electron chi connectivity index (χ3n) is 2.33. The number of halogens is 1. The summed E-state index contributed by atoms with van der Waals surface area (Å²) in [5.41, 5.74) is 0. The maximum Gasteiger partial charge on any atom is 0.218 e. The van der Waals surface area contributed by atoms with Crippen LogP contribution in [0.5, 0.6) is 0 Å². The lowest BCUT2D eigenvalue weighted by Crippen LogP contribution is -2.36. The Hall–Kier alpha value is -0.880. The van der Waals surface area contributed by atoms with E-state index in [1.807, 2.05) is 0 Å². The molecule has 15 heavy (non-hydrogen) atoms. The number of aromatic nitrogens is 2. The summed E-state index contributed by atoms with van der Waals surface area (Å²) in [6, 6.07) is 0. The van der Waals surface area contributed by atoms with Gasteiger partial charge < -0.3 is 5.32 Å². The molecule has 0 aliphatic carbocycles. The summed E-state index contributed by atoms with van der Waals surface area (Å²) in [5.74, 6) is -0.502. The van der Waals surface area contributed by atoms with E-state index in [9.17, 15) is 8.60 Å². The maximum atomic E-state index is 12.6. The van der Waals surface area contributed by atoms with Crippen LogP contribution in [0.1, 0.15) is 12.8 Å². The quantitative estimate of drug-likeness (QED) is 0.749. The van der Waals surface area contributed by atoms with Crippen LogP contribution in [-0.4, -0.2) is 32.5 Å². The minimum Gasteiger partial charge on any atom is -0.316 e. The van der Waals surface area contributed by atoms with E-state index >= 15 is 0 Å². The molecule has 1 N–H and O–H groups in total. The van der Waals surface area contributed by atoms with Gasteiger partial charge in [0.15, 0.2) is 5.82 Å². The molecule has 1 aliphatic rings. The van der Waals surface area contributed by atoms with Gasteiger partial charge in [0.25, 0.3) is 0 Å². The lowest BCUT2D eigenvalue weighted by molar-refractivity contribution is 0.517. The third kappa shape index (κ3) is 2.57. The molecule has 2 rings (SSSR count). The van der Waals surface area contributed by atoms with Gasteiger partial charge in [0.05, 0.1) is 28.4 Å². The fourth-order valence-corrected chi connectivity index (χ4v) is 2.82. The molecular formula is C9H12FN3OS. The van der Waals surface area contributed by atoms with Gasteiger partial charge in [-0.1, -0.05) is 0 Å². The first-order chi connectivity index (χ1) is 7.27. The molecule has 1 saturated heterocycles. The largest absolute Gasteiger partial charge is 0.316 e. The first-order valence-electron chi connectivity index (χ1n) is 4.86. The highest BCUT2D eigenvalue weighted by Crippen LogP contribution is 2.13. The van der Waals surface area contributed by atoms with Crippen LogP contribution in [0, 0.1) is 5.82 Å². The fraction of sp³-hybridized carbons (Fsp3) is 0.556. The lowest BCUT2D eigenvalue weighted by Gasteiger charge is -2.20. The molecule has 0 saturated carbocycles. The van der Waals surface area contributed by atoms with Crippen LogP contribution in [0.15, 0.2) is 17.6 Å².